The molecular weight excluding hydrogens is 362 g/mol. The van der Waals surface area contributed by atoms with Crippen molar-refractivity contribution in [3.05, 3.63) is 35.4 Å². The van der Waals surface area contributed by atoms with Crippen molar-refractivity contribution in [2.24, 2.45) is 4.99 Å². The molecule has 0 spiro atoms. The molecule has 7 nitrogen and oxygen atoms in total. The number of nitrogens with zero attached hydrogens (tertiary/aromatic N) is 3. The third kappa shape index (κ3) is 7.48. The Hall–Kier alpha value is -1.64. The number of piperazine rings is 1. The van der Waals surface area contributed by atoms with Gasteiger partial charge in [0.25, 0.3) is 0 Å². The number of aliphatic imine (C=N–C) groups is 1. The van der Waals surface area contributed by atoms with Crippen molar-refractivity contribution in [2.45, 2.75) is 32.9 Å². The monoisotopic (exact) mass is 395 g/mol. The summed E-state index contributed by atoms with van der Waals surface area (Å²) in [5, 5.41) is 3.30. The smallest absolute Gasteiger partial charge is 0.209 e. The maximum atomic E-state index is 11.5. The molecule has 1 aromatic rings. The van der Waals surface area contributed by atoms with Crippen LogP contribution in [0.4, 0.5) is 0 Å². The summed E-state index contributed by atoms with van der Waals surface area (Å²) in [6.45, 7) is 11.0. The van der Waals surface area contributed by atoms with Crippen LogP contribution in [0.1, 0.15) is 25.0 Å². The summed E-state index contributed by atoms with van der Waals surface area (Å²) < 4.78 is 25.6. The van der Waals surface area contributed by atoms with Crippen LogP contribution in [0.15, 0.2) is 29.3 Å². The van der Waals surface area contributed by atoms with Crippen LogP contribution in [0.2, 0.25) is 0 Å². The molecule has 1 fully saturated rings. The molecule has 0 bridgehead atoms. The number of sulfonamides is 1. The summed E-state index contributed by atoms with van der Waals surface area (Å²) in [6, 6.07) is 8.65. The van der Waals surface area contributed by atoms with Crippen molar-refractivity contribution in [1.29, 1.82) is 0 Å². The Morgan fingerprint density at radius 1 is 1.22 bits per heavy atom. The Kier molecular flexibility index (Phi) is 7.25. The van der Waals surface area contributed by atoms with E-state index in [1.165, 1.54) is 17.4 Å². The molecule has 2 rings (SSSR count). The topological polar surface area (TPSA) is 77.0 Å². The molecule has 27 heavy (non-hydrogen) atoms. The minimum atomic E-state index is -3.25. The lowest BCUT2D eigenvalue weighted by atomic mass is 10.1. The van der Waals surface area contributed by atoms with Crippen LogP contribution in [0.3, 0.4) is 0 Å². The van der Waals surface area contributed by atoms with Crippen LogP contribution in [-0.4, -0.2) is 75.7 Å². The van der Waals surface area contributed by atoms with Gasteiger partial charge >= 0.3 is 0 Å². The van der Waals surface area contributed by atoms with Gasteiger partial charge in [-0.15, -0.1) is 0 Å². The predicted molar refractivity (Wildman–Crippen MR) is 111 cm³/mol. The third-order valence-electron chi connectivity index (χ3n) is 4.52. The zero-order valence-corrected chi connectivity index (χ0v) is 17.9. The normalized spacial score (nSPS) is 17.2. The Morgan fingerprint density at radius 2 is 1.89 bits per heavy atom. The van der Waals surface area contributed by atoms with E-state index in [1.54, 1.807) is 7.05 Å². The second kappa shape index (κ2) is 9.03. The van der Waals surface area contributed by atoms with Gasteiger partial charge in [-0.2, -0.15) is 0 Å². The largest absolute Gasteiger partial charge is 0.354 e. The Morgan fingerprint density at radius 3 is 2.44 bits per heavy atom. The lowest BCUT2D eigenvalue weighted by molar-refractivity contribution is 0.172. The van der Waals surface area contributed by atoms with Crippen LogP contribution in [0.25, 0.3) is 0 Å². The van der Waals surface area contributed by atoms with Gasteiger partial charge in [-0.3, -0.25) is 9.89 Å². The number of benzene rings is 1. The first-order valence-corrected chi connectivity index (χ1v) is 11.2. The van der Waals surface area contributed by atoms with Gasteiger partial charge < -0.3 is 10.2 Å². The highest BCUT2D eigenvalue weighted by atomic mass is 32.2. The van der Waals surface area contributed by atoms with Crippen molar-refractivity contribution in [1.82, 2.24) is 19.8 Å². The molecule has 1 aromatic carbocycles. The summed E-state index contributed by atoms with van der Waals surface area (Å²) in [4.78, 5) is 9.05. The quantitative estimate of drug-likeness (QED) is 0.555. The second-order valence-electron chi connectivity index (χ2n) is 7.91. The highest BCUT2D eigenvalue weighted by Gasteiger charge is 2.25. The number of nitrogens with one attached hydrogen (secondary N) is 2. The molecule has 1 aliphatic rings. The minimum absolute atomic E-state index is 0.469. The summed E-state index contributed by atoms with van der Waals surface area (Å²) in [5.41, 5.74) is 2.05. The van der Waals surface area contributed by atoms with Crippen LogP contribution < -0.4 is 10.0 Å². The number of rotatable bonds is 6. The Bertz CT molecular complexity index is 753. The first-order valence-electron chi connectivity index (χ1n) is 9.30. The third-order valence-corrected chi connectivity index (χ3v) is 5.45. The molecular formula is C19H33N5O2S. The van der Waals surface area contributed by atoms with E-state index in [4.69, 9.17) is 0 Å². The summed E-state index contributed by atoms with van der Waals surface area (Å²) >= 11 is 0. The zero-order chi connectivity index (χ0) is 20.1. The van der Waals surface area contributed by atoms with Gasteiger partial charge in [-0.1, -0.05) is 29.8 Å². The van der Waals surface area contributed by atoms with E-state index in [0.717, 1.165) is 38.7 Å². The fourth-order valence-corrected chi connectivity index (χ4v) is 4.43. The van der Waals surface area contributed by atoms with Gasteiger partial charge in [-0.25, -0.2) is 13.1 Å². The maximum Gasteiger partial charge on any atom is 0.209 e. The molecule has 0 amide bonds. The molecule has 0 aromatic heterocycles. The average Bonchev–Trinajstić information content (AvgIpc) is 2.54. The van der Waals surface area contributed by atoms with Crippen molar-refractivity contribution in [3.63, 3.8) is 0 Å². The molecule has 2 N–H and O–H groups in total. The highest BCUT2D eigenvalue weighted by Crippen LogP contribution is 2.11. The minimum Gasteiger partial charge on any atom is -0.354 e. The van der Waals surface area contributed by atoms with Gasteiger partial charge in [0.15, 0.2) is 5.96 Å². The summed E-state index contributed by atoms with van der Waals surface area (Å²) in [7, 11) is -1.49. The molecule has 1 heterocycles. The van der Waals surface area contributed by atoms with Gasteiger partial charge in [0, 0.05) is 51.9 Å². The zero-order valence-electron chi connectivity index (χ0n) is 17.1. The molecule has 0 saturated carbocycles. The van der Waals surface area contributed by atoms with E-state index in [2.05, 4.69) is 56.0 Å². The van der Waals surface area contributed by atoms with Gasteiger partial charge in [-0.05, 0) is 26.3 Å². The number of hydrogen-bond donors (Lipinski definition) is 2. The Balaban J connectivity index is 1.84. The lowest BCUT2D eigenvalue weighted by Crippen LogP contribution is -2.56. The molecule has 0 aliphatic carbocycles. The second-order valence-corrected chi connectivity index (χ2v) is 9.66. The van der Waals surface area contributed by atoms with E-state index < -0.39 is 15.6 Å². The van der Waals surface area contributed by atoms with Crippen LogP contribution in [0, 0.1) is 6.92 Å². The van der Waals surface area contributed by atoms with E-state index in [0.29, 0.717) is 6.54 Å². The fraction of sp³-hybridized carbons (Fsp3) is 0.632. The first-order chi connectivity index (χ1) is 12.6. The molecule has 8 heteroatoms. The highest BCUT2D eigenvalue weighted by molar-refractivity contribution is 7.88. The molecule has 0 unspecified atom stereocenters. The van der Waals surface area contributed by atoms with Crippen molar-refractivity contribution in [2.75, 3.05) is 46.0 Å². The van der Waals surface area contributed by atoms with Crippen molar-refractivity contribution in [3.8, 4) is 0 Å². The van der Waals surface area contributed by atoms with Crippen molar-refractivity contribution >= 4 is 16.0 Å². The van der Waals surface area contributed by atoms with E-state index >= 15 is 0 Å². The van der Waals surface area contributed by atoms with Gasteiger partial charge in [0.1, 0.15) is 0 Å². The van der Waals surface area contributed by atoms with E-state index in [-0.39, 0.29) is 0 Å². The molecule has 0 radical (unpaired) electrons. The average molecular weight is 396 g/mol. The van der Waals surface area contributed by atoms with Crippen LogP contribution in [0.5, 0.6) is 0 Å². The summed E-state index contributed by atoms with van der Waals surface area (Å²) in [5.74, 6) is 0.814. The fourth-order valence-electron chi connectivity index (χ4n) is 3.36. The van der Waals surface area contributed by atoms with Gasteiger partial charge in [0.2, 0.25) is 10.0 Å². The summed E-state index contributed by atoms with van der Waals surface area (Å²) in [6.07, 6.45) is 1.18. The van der Waals surface area contributed by atoms with Crippen LogP contribution >= 0.6 is 0 Å². The van der Waals surface area contributed by atoms with E-state index in [1.807, 2.05) is 13.8 Å². The number of hydrogen-bond acceptors (Lipinski definition) is 4. The lowest BCUT2D eigenvalue weighted by Gasteiger charge is -2.37. The number of aryl methyl sites for hydroxylation is 1. The van der Waals surface area contributed by atoms with E-state index in [9.17, 15) is 8.42 Å². The predicted octanol–water partition coefficient (Wildman–Crippen LogP) is 1.02. The van der Waals surface area contributed by atoms with Crippen molar-refractivity contribution < 1.29 is 8.42 Å². The molecule has 152 valence electrons. The maximum absolute atomic E-state index is 11.5. The molecule has 1 aliphatic heterocycles. The van der Waals surface area contributed by atoms with Crippen LogP contribution in [-0.2, 0) is 16.6 Å². The first kappa shape index (κ1) is 21.7. The molecule has 1 saturated heterocycles. The van der Waals surface area contributed by atoms with Gasteiger partial charge in [0.05, 0.1) is 6.26 Å². The SMILES string of the molecule is CN=C(NCC(C)(C)NS(C)(=O)=O)N1CCN(Cc2cccc(C)c2)CC1. The Labute approximate surface area is 163 Å². The molecule has 0 atom stereocenters. The standard InChI is InChI=1S/C19H33N5O2S/c1-16-7-6-8-17(13-16)14-23-9-11-24(12-10-23)18(20-4)21-15-19(2,3)22-27(5,25)26/h6-8,13,22H,9-12,14-15H2,1-5H3,(H,20,21). The number of guanidine groups is 1.